The summed E-state index contributed by atoms with van der Waals surface area (Å²) in [5.41, 5.74) is 0.704. The molecule has 3 unspecified atom stereocenters. The molecule has 2 aromatic heterocycles. The van der Waals surface area contributed by atoms with Gasteiger partial charge in [0.25, 0.3) is 0 Å². The Balaban J connectivity index is 1.46. The summed E-state index contributed by atoms with van der Waals surface area (Å²) in [4.78, 5) is 21.3. The molecular formula is C22H24F2N6O4S. The lowest BCUT2D eigenvalue weighted by Crippen LogP contribution is -2.25. The fourth-order valence-corrected chi connectivity index (χ4v) is 4.67. The number of carbonyl (C=O) groups is 1. The number of aromatic nitrogens is 4. The van der Waals surface area contributed by atoms with Crippen molar-refractivity contribution >= 4 is 21.9 Å². The van der Waals surface area contributed by atoms with Crippen LogP contribution < -0.4 is 10.5 Å². The van der Waals surface area contributed by atoms with E-state index in [0.717, 1.165) is 6.07 Å². The van der Waals surface area contributed by atoms with Gasteiger partial charge in [0, 0.05) is 24.5 Å². The number of halogens is 2. The molecule has 1 aliphatic rings. The Kier molecular flexibility index (Phi) is 7.19. The quantitative estimate of drug-likeness (QED) is 0.421. The van der Waals surface area contributed by atoms with E-state index >= 15 is 0 Å². The molecule has 1 fully saturated rings. The molecule has 3 aromatic rings. The summed E-state index contributed by atoms with van der Waals surface area (Å²) in [6.45, 7) is 2.08. The van der Waals surface area contributed by atoms with Gasteiger partial charge in [0.2, 0.25) is 5.78 Å². The van der Waals surface area contributed by atoms with Crippen LogP contribution in [0.2, 0.25) is 0 Å². The van der Waals surface area contributed by atoms with E-state index in [1.807, 2.05) is 6.92 Å². The molecule has 35 heavy (non-hydrogen) atoms. The second-order valence-corrected chi connectivity index (χ2v) is 9.85. The van der Waals surface area contributed by atoms with Gasteiger partial charge in [-0.2, -0.15) is 13.5 Å². The molecule has 0 amide bonds. The summed E-state index contributed by atoms with van der Waals surface area (Å²) in [5.74, 6) is -1.34. The van der Waals surface area contributed by atoms with Gasteiger partial charge in [0.05, 0.1) is 18.7 Å². The second-order valence-electron chi connectivity index (χ2n) is 8.63. The van der Waals surface area contributed by atoms with Gasteiger partial charge in [-0.1, -0.05) is 6.92 Å². The summed E-state index contributed by atoms with van der Waals surface area (Å²) >= 11 is 0. The number of benzene rings is 1. The van der Waals surface area contributed by atoms with Crippen LogP contribution in [0.15, 0.2) is 43.0 Å². The summed E-state index contributed by atoms with van der Waals surface area (Å²) in [6, 6.07) is 4.61. The van der Waals surface area contributed by atoms with Crippen molar-refractivity contribution in [1.29, 1.82) is 0 Å². The fraction of sp³-hybridized carbons (Fsp3) is 0.364. The zero-order chi connectivity index (χ0) is 25.2. The van der Waals surface area contributed by atoms with Gasteiger partial charge in [-0.3, -0.25) is 13.7 Å². The summed E-state index contributed by atoms with van der Waals surface area (Å²) < 4.78 is 55.2. The first-order chi connectivity index (χ1) is 16.6. The Morgan fingerprint density at radius 3 is 2.71 bits per heavy atom. The van der Waals surface area contributed by atoms with Crippen molar-refractivity contribution in [2.45, 2.75) is 32.4 Å². The molecule has 1 saturated carbocycles. The molecule has 0 spiro atoms. The fourth-order valence-electron chi connectivity index (χ4n) is 4.29. The average Bonchev–Trinajstić information content (AvgIpc) is 3.37. The molecule has 1 aromatic carbocycles. The Morgan fingerprint density at radius 2 is 2.00 bits per heavy atom. The highest BCUT2D eigenvalue weighted by Crippen LogP contribution is 2.34. The van der Waals surface area contributed by atoms with Crippen LogP contribution in [0.25, 0.3) is 0 Å². The molecule has 0 radical (unpaired) electrons. The topological polar surface area (TPSA) is 142 Å². The first-order valence-corrected chi connectivity index (χ1v) is 12.3. The van der Waals surface area contributed by atoms with Gasteiger partial charge in [-0.05, 0) is 48.4 Å². The largest absolute Gasteiger partial charge is 0.366 e. The van der Waals surface area contributed by atoms with Crippen LogP contribution >= 0.6 is 0 Å². The Bertz CT molecular complexity index is 1310. The SMILES string of the molecule is CC1CC(COS(N)(=O)=O)CC1Nc1ncncc1C(=O)c1ccn(Cc2cc(F)cc(F)c2)n1. The van der Waals surface area contributed by atoms with E-state index in [4.69, 9.17) is 9.32 Å². The summed E-state index contributed by atoms with van der Waals surface area (Å²) in [5, 5.41) is 12.4. The number of rotatable bonds is 9. The minimum absolute atomic E-state index is 0.0104. The Morgan fingerprint density at radius 1 is 1.26 bits per heavy atom. The van der Waals surface area contributed by atoms with E-state index < -0.39 is 27.7 Å². The minimum atomic E-state index is -4.01. The van der Waals surface area contributed by atoms with Crippen LogP contribution in [0.3, 0.4) is 0 Å². The maximum absolute atomic E-state index is 13.5. The summed E-state index contributed by atoms with van der Waals surface area (Å²) in [7, 11) is -4.01. The van der Waals surface area contributed by atoms with Crippen molar-refractivity contribution in [3.05, 3.63) is 71.4 Å². The number of carbonyl (C=O) groups excluding carboxylic acids is 1. The van der Waals surface area contributed by atoms with Crippen LogP contribution in [-0.2, 0) is 21.0 Å². The molecule has 1 aliphatic carbocycles. The maximum atomic E-state index is 13.5. The van der Waals surface area contributed by atoms with E-state index in [9.17, 15) is 22.0 Å². The van der Waals surface area contributed by atoms with Crippen LogP contribution in [0.1, 0.15) is 41.4 Å². The van der Waals surface area contributed by atoms with Crippen LogP contribution in [0, 0.1) is 23.5 Å². The van der Waals surface area contributed by atoms with Gasteiger partial charge >= 0.3 is 10.3 Å². The zero-order valence-electron chi connectivity index (χ0n) is 18.8. The van der Waals surface area contributed by atoms with Gasteiger partial charge in [0.15, 0.2) is 0 Å². The average molecular weight is 507 g/mol. The van der Waals surface area contributed by atoms with Crippen LogP contribution in [0.4, 0.5) is 14.6 Å². The van der Waals surface area contributed by atoms with Crippen molar-refractivity contribution in [2.75, 3.05) is 11.9 Å². The number of hydrogen-bond donors (Lipinski definition) is 2. The Hall–Kier alpha value is -3.29. The lowest BCUT2D eigenvalue weighted by molar-refractivity contribution is 0.103. The van der Waals surface area contributed by atoms with E-state index in [0.29, 0.717) is 24.2 Å². The van der Waals surface area contributed by atoms with Gasteiger partial charge < -0.3 is 5.32 Å². The van der Waals surface area contributed by atoms with Crippen molar-refractivity contribution < 1.29 is 26.2 Å². The lowest BCUT2D eigenvalue weighted by Gasteiger charge is -2.19. The second kappa shape index (κ2) is 10.1. The molecule has 3 N–H and O–H groups in total. The first-order valence-electron chi connectivity index (χ1n) is 10.8. The van der Waals surface area contributed by atoms with Gasteiger partial charge in [-0.25, -0.2) is 23.9 Å². The predicted octanol–water partition coefficient (Wildman–Crippen LogP) is 2.28. The molecule has 0 aliphatic heterocycles. The monoisotopic (exact) mass is 506 g/mol. The predicted molar refractivity (Wildman–Crippen MR) is 122 cm³/mol. The van der Waals surface area contributed by atoms with Crippen LogP contribution in [-0.4, -0.2) is 46.6 Å². The number of nitrogens with zero attached hydrogens (tertiary/aromatic N) is 4. The highest BCUT2D eigenvalue weighted by atomic mass is 32.2. The molecular weight excluding hydrogens is 482 g/mol. The van der Waals surface area contributed by atoms with Crippen molar-refractivity contribution in [2.24, 2.45) is 17.0 Å². The smallest absolute Gasteiger partial charge is 0.333 e. The molecule has 0 saturated heterocycles. The number of hydrogen-bond acceptors (Lipinski definition) is 8. The van der Waals surface area contributed by atoms with Gasteiger partial charge in [-0.15, -0.1) is 0 Å². The van der Waals surface area contributed by atoms with E-state index in [-0.39, 0.29) is 42.3 Å². The minimum Gasteiger partial charge on any atom is -0.366 e. The molecule has 13 heteroatoms. The van der Waals surface area contributed by atoms with Crippen molar-refractivity contribution in [3.8, 4) is 0 Å². The van der Waals surface area contributed by atoms with E-state index in [1.165, 1.54) is 35.4 Å². The molecule has 4 rings (SSSR count). The Labute approximate surface area is 200 Å². The highest BCUT2D eigenvalue weighted by Gasteiger charge is 2.33. The molecule has 2 heterocycles. The highest BCUT2D eigenvalue weighted by molar-refractivity contribution is 7.84. The normalized spacial score (nSPS) is 20.2. The third-order valence-electron chi connectivity index (χ3n) is 5.87. The van der Waals surface area contributed by atoms with Crippen molar-refractivity contribution in [3.63, 3.8) is 0 Å². The van der Waals surface area contributed by atoms with E-state index in [2.05, 4.69) is 20.4 Å². The zero-order valence-corrected chi connectivity index (χ0v) is 19.6. The third-order valence-corrected chi connectivity index (χ3v) is 6.33. The number of nitrogens with one attached hydrogen (secondary N) is 1. The maximum Gasteiger partial charge on any atom is 0.333 e. The third kappa shape index (κ3) is 6.44. The standard InChI is InChI=1S/C22H24F2N6O4S/c1-13-4-15(11-34-35(25,32)33)7-20(13)28-22-18(9-26-12-27-22)21(31)19-2-3-30(29-19)10-14-5-16(23)8-17(24)6-14/h2-3,5-6,8-9,12-13,15,20H,4,7,10-11H2,1H3,(H2,25,32,33)(H,26,27,28). The molecule has 186 valence electrons. The number of ketones is 1. The van der Waals surface area contributed by atoms with Gasteiger partial charge in [0.1, 0.15) is 29.5 Å². The molecule has 0 bridgehead atoms. The number of anilines is 1. The lowest BCUT2D eigenvalue weighted by atomic mass is 10.1. The number of nitrogens with two attached hydrogens (primary N) is 1. The first kappa shape index (κ1) is 24.8. The molecule has 3 atom stereocenters. The van der Waals surface area contributed by atoms with E-state index in [1.54, 1.807) is 6.20 Å². The summed E-state index contributed by atoms with van der Waals surface area (Å²) in [6.07, 6.45) is 5.57. The molecule has 10 nitrogen and oxygen atoms in total. The van der Waals surface area contributed by atoms with Crippen LogP contribution in [0.5, 0.6) is 0 Å². The van der Waals surface area contributed by atoms with Crippen molar-refractivity contribution in [1.82, 2.24) is 19.7 Å².